The Kier molecular flexibility index (Phi) is 13.3. The van der Waals surface area contributed by atoms with Crippen LogP contribution in [0.25, 0.3) is 0 Å². The van der Waals surface area contributed by atoms with Gasteiger partial charge in [-0.25, -0.2) is 0 Å². The van der Waals surface area contributed by atoms with Crippen LogP contribution in [0.5, 0.6) is 0 Å². The molecule has 0 aliphatic rings. The molecule has 0 fully saturated rings. The van der Waals surface area contributed by atoms with Crippen LogP contribution < -0.4 is 29.0 Å². The van der Waals surface area contributed by atoms with E-state index in [-0.39, 0.29) is 0 Å². The van der Waals surface area contributed by atoms with Crippen LogP contribution in [0.3, 0.4) is 0 Å². The van der Waals surface area contributed by atoms with Crippen molar-refractivity contribution in [1.29, 1.82) is 0 Å². The Morgan fingerprint density at radius 3 is 0.650 bits per heavy atom. The van der Waals surface area contributed by atoms with Crippen LogP contribution >= 0.6 is 7.92 Å². The second kappa shape index (κ2) is 15.5. The second-order valence-electron chi connectivity index (χ2n) is 12.7. The van der Waals surface area contributed by atoms with Crippen molar-refractivity contribution < 1.29 is 0 Å². The molecule has 0 aromatic heterocycles. The number of hydrogen-bond acceptors (Lipinski definition) is 0. The predicted octanol–water partition coefficient (Wildman–Crippen LogP) is 8.01. The van der Waals surface area contributed by atoms with Gasteiger partial charge in [-0.3, -0.25) is 0 Å². The quantitative estimate of drug-likeness (QED) is 0.130. The van der Waals surface area contributed by atoms with Gasteiger partial charge in [-0.1, -0.05) is 0 Å². The van der Waals surface area contributed by atoms with E-state index in [0.29, 0.717) is 0 Å². The van der Waals surface area contributed by atoms with Gasteiger partial charge in [0, 0.05) is 0 Å². The Balaban J connectivity index is 2.08. The van der Waals surface area contributed by atoms with Crippen LogP contribution in [-0.4, -0.2) is 44.0 Å². The Bertz CT molecular complexity index is 987. The molecule has 0 heterocycles. The molecule has 0 bridgehead atoms. The summed E-state index contributed by atoms with van der Waals surface area (Å²) in [5.41, 5.74) is 0. The van der Waals surface area contributed by atoms with Crippen molar-refractivity contribution in [3.05, 3.63) is 72.8 Å². The van der Waals surface area contributed by atoms with Crippen LogP contribution in [0.15, 0.2) is 72.8 Å². The van der Waals surface area contributed by atoms with Crippen molar-refractivity contribution in [1.82, 2.24) is 0 Å². The maximum atomic E-state index is 2.50. The van der Waals surface area contributed by atoms with Gasteiger partial charge < -0.3 is 0 Å². The minimum atomic E-state index is -1.08. The Morgan fingerprint density at radius 2 is 0.500 bits per heavy atom. The summed E-state index contributed by atoms with van der Waals surface area (Å²) in [6.45, 7) is 29.2. The molecule has 40 heavy (non-hydrogen) atoms. The fourth-order valence-electron chi connectivity index (χ4n) is 6.35. The first-order valence-corrected chi connectivity index (χ1v) is 25.9. The zero-order valence-corrected chi connectivity index (χ0v) is 33.7. The molecular weight excluding hydrogens is 688 g/mol. The van der Waals surface area contributed by atoms with Crippen molar-refractivity contribution in [2.45, 2.75) is 111 Å². The molecule has 0 nitrogen and oxygen atoms in total. The normalized spacial score (nSPS) is 12.8. The van der Waals surface area contributed by atoms with Gasteiger partial charge in [0.25, 0.3) is 0 Å². The summed E-state index contributed by atoms with van der Waals surface area (Å²) in [5.74, 6) is 0. The van der Waals surface area contributed by atoms with Crippen molar-refractivity contribution in [2.75, 3.05) is 0 Å². The van der Waals surface area contributed by atoms with E-state index in [0.717, 1.165) is 28.2 Å². The summed E-state index contributed by atoms with van der Waals surface area (Å²) in [6.07, 6.45) is 0. The first kappa shape index (κ1) is 34.3. The number of rotatable bonds is 12. The molecule has 0 aliphatic carbocycles. The van der Waals surface area contributed by atoms with E-state index in [9.17, 15) is 0 Å². The first-order chi connectivity index (χ1) is 18.8. The zero-order chi connectivity index (χ0) is 29.7. The minimum absolute atomic E-state index is 0.584. The second-order valence-corrected chi connectivity index (χ2v) is 36.3. The van der Waals surface area contributed by atoms with Gasteiger partial charge in [0.2, 0.25) is 0 Å². The van der Waals surface area contributed by atoms with Crippen molar-refractivity contribution in [3.63, 3.8) is 0 Å². The summed E-state index contributed by atoms with van der Waals surface area (Å²) in [4.78, 5) is 0. The van der Waals surface area contributed by atoms with E-state index in [2.05, 4.69) is 156 Å². The Labute approximate surface area is 263 Å². The average Bonchev–Trinajstić information content (AvgIpc) is 2.86. The molecule has 0 aliphatic heterocycles. The van der Waals surface area contributed by atoms with Crippen LogP contribution in [-0.2, 0) is 0 Å². The zero-order valence-electron chi connectivity index (χ0n) is 27.2. The van der Waals surface area contributed by atoms with E-state index in [1.165, 1.54) is 15.9 Å². The Hall–Kier alpha value is -0.235. The van der Waals surface area contributed by atoms with E-state index in [4.69, 9.17) is 0 Å². The summed E-state index contributed by atoms with van der Waals surface area (Å²) in [7, 11) is -0.584. The molecular formula is C36H54As3P. The van der Waals surface area contributed by atoms with Crippen molar-refractivity contribution in [2.24, 2.45) is 0 Å². The molecule has 0 saturated heterocycles. The monoisotopic (exact) mass is 742 g/mol. The van der Waals surface area contributed by atoms with Crippen LogP contribution in [0, 0.1) is 0 Å². The third-order valence-electron chi connectivity index (χ3n) is 7.56. The van der Waals surface area contributed by atoms with Crippen molar-refractivity contribution in [3.8, 4) is 0 Å². The predicted molar refractivity (Wildman–Crippen MR) is 192 cm³/mol. The fourth-order valence-corrected chi connectivity index (χ4v) is 26.7. The molecule has 0 saturated carbocycles. The first-order valence-electron chi connectivity index (χ1n) is 15.3. The van der Waals surface area contributed by atoms with Gasteiger partial charge in [0.15, 0.2) is 0 Å². The van der Waals surface area contributed by atoms with E-state index in [1.54, 1.807) is 13.1 Å². The summed E-state index contributed by atoms with van der Waals surface area (Å²) in [6, 6.07) is 29.9. The molecule has 0 unspecified atom stereocenters. The molecule has 0 radical (unpaired) electrons. The SMILES string of the molecule is CC(C)[As](c1ccc(P(c2ccc([As](C(C)C)C(C)C)cc2)c2ccc([As](C(C)C)C(C)C)cc2)cc1)C(C)C. The van der Waals surface area contributed by atoms with Crippen molar-refractivity contribution >= 4 is 80.8 Å². The molecule has 218 valence electrons. The van der Waals surface area contributed by atoms with Gasteiger partial charge in [-0.05, 0) is 0 Å². The molecule has 3 aromatic carbocycles. The van der Waals surface area contributed by atoms with E-state index >= 15 is 0 Å². The molecule has 3 rings (SSSR count). The Morgan fingerprint density at radius 1 is 0.325 bits per heavy atom. The number of benzene rings is 3. The van der Waals surface area contributed by atoms with Gasteiger partial charge in [-0.15, -0.1) is 0 Å². The fraction of sp³-hybridized carbons (Fsp3) is 0.500. The third kappa shape index (κ3) is 8.44. The van der Waals surface area contributed by atoms with Gasteiger partial charge in [-0.2, -0.15) is 0 Å². The topological polar surface area (TPSA) is 0 Å². The summed E-state index contributed by atoms with van der Waals surface area (Å²) < 4.78 is 9.64. The molecule has 4 heteroatoms. The van der Waals surface area contributed by atoms with Gasteiger partial charge in [0.05, 0.1) is 0 Å². The molecule has 3 aromatic rings. The van der Waals surface area contributed by atoms with E-state index < -0.39 is 51.9 Å². The number of hydrogen-bond donors (Lipinski definition) is 0. The standard InChI is InChI=1S/C36H54As3P/c1-25(2)37(26(3)4)31-13-19-34(20-14-31)40(35-21-15-32(16-22-35)38(27(5)6)28(7)8)36-23-17-33(18-24-36)39(29(9)10)30(11)12/h13-30H,1-12H3. The third-order valence-corrected chi connectivity index (χ3v) is 29.6. The molecule has 0 amide bonds. The maximum absolute atomic E-state index is 2.50. The van der Waals surface area contributed by atoms with Crippen LogP contribution in [0.4, 0.5) is 0 Å². The van der Waals surface area contributed by atoms with Crippen LogP contribution in [0.1, 0.15) is 83.1 Å². The summed E-state index contributed by atoms with van der Waals surface area (Å²) >= 11 is -3.23. The molecule has 0 spiro atoms. The van der Waals surface area contributed by atoms with Gasteiger partial charge in [0.1, 0.15) is 0 Å². The molecule has 0 N–H and O–H groups in total. The van der Waals surface area contributed by atoms with E-state index in [1.807, 2.05) is 0 Å². The average molecular weight is 743 g/mol. The van der Waals surface area contributed by atoms with Gasteiger partial charge >= 0.3 is 265 Å². The van der Waals surface area contributed by atoms with Crippen LogP contribution in [0.2, 0.25) is 28.2 Å². The molecule has 0 atom stereocenters. The summed E-state index contributed by atoms with van der Waals surface area (Å²) in [5, 5.41) is 4.47.